The fourth-order valence-electron chi connectivity index (χ4n) is 2.08. The van der Waals surface area contributed by atoms with Crippen LogP contribution in [-0.2, 0) is 11.3 Å². The SMILES string of the molecule is CN(NCc1ccc(C2CC2)cn1)C(=O)C1CC1. The van der Waals surface area contributed by atoms with E-state index in [-0.39, 0.29) is 11.8 Å². The van der Waals surface area contributed by atoms with Crippen molar-refractivity contribution in [1.29, 1.82) is 0 Å². The van der Waals surface area contributed by atoms with E-state index in [2.05, 4.69) is 22.5 Å². The number of pyridine rings is 1. The Morgan fingerprint density at radius 1 is 1.39 bits per heavy atom. The fourth-order valence-corrected chi connectivity index (χ4v) is 2.08. The third kappa shape index (κ3) is 2.70. The van der Waals surface area contributed by atoms with Crippen molar-refractivity contribution in [2.45, 2.75) is 38.1 Å². The Hall–Kier alpha value is -1.42. The molecule has 0 aromatic carbocycles. The minimum Gasteiger partial charge on any atom is -0.281 e. The highest BCUT2D eigenvalue weighted by molar-refractivity contribution is 5.80. The van der Waals surface area contributed by atoms with Crippen molar-refractivity contribution in [3.05, 3.63) is 29.6 Å². The summed E-state index contributed by atoms with van der Waals surface area (Å²) >= 11 is 0. The van der Waals surface area contributed by atoms with Crippen LogP contribution in [0.4, 0.5) is 0 Å². The van der Waals surface area contributed by atoms with Crippen LogP contribution in [0.1, 0.15) is 42.9 Å². The predicted octanol–water partition coefficient (Wildman–Crippen LogP) is 1.83. The average Bonchev–Trinajstić information content (AvgIpc) is 3.28. The van der Waals surface area contributed by atoms with Crippen molar-refractivity contribution in [2.24, 2.45) is 5.92 Å². The molecule has 2 aliphatic carbocycles. The zero-order chi connectivity index (χ0) is 12.5. The standard InChI is InChI=1S/C14H19N3O/c1-17(14(18)11-4-5-11)16-9-13-7-6-12(8-15-13)10-2-3-10/h6-8,10-11,16H,2-5,9H2,1H3. The van der Waals surface area contributed by atoms with Gasteiger partial charge in [-0.1, -0.05) is 6.07 Å². The molecule has 1 aromatic heterocycles. The minimum absolute atomic E-state index is 0.199. The average molecular weight is 245 g/mol. The number of hydrazine groups is 1. The number of aromatic nitrogens is 1. The van der Waals surface area contributed by atoms with E-state index in [1.54, 1.807) is 12.1 Å². The molecule has 2 aliphatic rings. The number of amides is 1. The first kappa shape index (κ1) is 11.7. The quantitative estimate of drug-likeness (QED) is 0.805. The second-order valence-electron chi connectivity index (χ2n) is 5.36. The van der Waals surface area contributed by atoms with Crippen LogP contribution in [0.25, 0.3) is 0 Å². The van der Waals surface area contributed by atoms with Crippen LogP contribution in [0.2, 0.25) is 0 Å². The first-order chi connectivity index (χ1) is 8.74. The Morgan fingerprint density at radius 2 is 2.17 bits per heavy atom. The van der Waals surface area contributed by atoms with Crippen molar-refractivity contribution in [3.63, 3.8) is 0 Å². The molecule has 2 fully saturated rings. The molecule has 0 radical (unpaired) electrons. The summed E-state index contributed by atoms with van der Waals surface area (Å²) in [5.74, 6) is 1.20. The van der Waals surface area contributed by atoms with Gasteiger partial charge in [-0.3, -0.25) is 14.8 Å². The molecule has 3 rings (SSSR count). The van der Waals surface area contributed by atoms with Gasteiger partial charge in [-0.25, -0.2) is 5.43 Å². The lowest BCUT2D eigenvalue weighted by Gasteiger charge is -2.17. The molecular formula is C14H19N3O. The molecule has 0 aliphatic heterocycles. The largest absolute Gasteiger partial charge is 0.281 e. The van der Waals surface area contributed by atoms with Gasteiger partial charge in [-0.2, -0.15) is 0 Å². The molecule has 1 N–H and O–H groups in total. The Kier molecular flexibility index (Phi) is 3.04. The van der Waals surface area contributed by atoms with E-state index in [4.69, 9.17) is 0 Å². The monoisotopic (exact) mass is 245 g/mol. The maximum atomic E-state index is 11.7. The highest BCUT2D eigenvalue weighted by Gasteiger charge is 2.32. The lowest BCUT2D eigenvalue weighted by atomic mass is 10.2. The number of carbonyl (C=O) groups excluding carboxylic acids is 1. The van der Waals surface area contributed by atoms with Crippen LogP contribution in [-0.4, -0.2) is 22.9 Å². The molecule has 0 spiro atoms. The summed E-state index contributed by atoms with van der Waals surface area (Å²) in [5.41, 5.74) is 5.44. The van der Waals surface area contributed by atoms with Crippen molar-refractivity contribution in [2.75, 3.05) is 7.05 Å². The van der Waals surface area contributed by atoms with Gasteiger partial charge < -0.3 is 0 Å². The fraction of sp³-hybridized carbons (Fsp3) is 0.571. The first-order valence-corrected chi connectivity index (χ1v) is 6.70. The van der Waals surface area contributed by atoms with E-state index in [1.807, 2.05) is 6.20 Å². The van der Waals surface area contributed by atoms with Gasteiger partial charge in [0.2, 0.25) is 5.91 Å². The Labute approximate surface area is 107 Å². The van der Waals surface area contributed by atoms with Crippen molar-refractivity contribution < 1.29 is 4.79 Å². The number of carbonyl (C=O) groups is 1. The van der Waals surface area contributed by atoms with Gasteiger partial charge in [-0.05, 0) is 43.2 Å². The molecule has 4 heteroatoms. The van der Waals surface area contributed by atoms with E-state index in [1.165, 1.54) is 18.4 Å². The van der Waals surface area contributed by atoms with Gasteiger partial charge in [0.05, 0.1) is 12.2 Å². The zero-order valence-electron chi connectivity index (χ0n) is 10.7. The van der Waals surface area contributed by atoms with Crippen molar-refractivity contribution in [3.8, 4) is 0 Å². The lowest BCUT2D eigenvalue weighted by molar-refractivity contribution is -0.134. The predicted molar refractivity (Wildman–Crippen MR) is 68.5 cm³/mol. The Morgan fingerprint density at radius 3 is 2.72 bits per heavy atom. The number of rotatable bonds is 5. The number of hydrogen-bond acceptors (Lipinski definition) is 3. The lowest BCUT2D eigenvalue weighted by Crippen LogP contribution is -2.40. The highest BCUT2D eigenvalue weighted by Crippen LogP contribution is 2.39. The van der Waals surface area contributed by atoms with Crippen LogP contribution in [0.5, 0.6) is 0 Å². The second-order valence-corrected chi connectivity index (χ2v) is 5.36. The topological polar surface area (TPSA) is 45.2 Å². The van der Waals surface area contributed by atoms with Gasteiger partial charge in [0.1, 0.15) is 0 Å². The smallest absolute Gasteiger partial charge is 0.239 e. The molecule has 1 amide bonds. The van der Waals surface area contributed by atoms with Crippen LogP contribution < -0.4 is 5.43 Å². The van der Waals surface area contributed by atoms with Gasteiger partial charge in [0.15, 0.2) is 0 Å². The molecule has 2 saturated carbocycles. The molecular weight excluding hydrogens is 226 g/mol. The molecule has 4 nitrogen and oxygen atoms in total. The van der Waals surface area contributed by atoms with E-state index < -0.39 is 0 Å². The summed E-state index contributed by atoms with van der Waals surface area (Å²) < 4.78 is 0. The summed E-state index contributed by atoms with van der Waals surface area (Å²) in [6.07, 6.45) is 6.66. The molecule has 0 atom stereocenters. The maximum absolute atomic E-state index is 11.7. The summed E-state index contributed by atoms with van der Waals surface area (Å²) in [7, 11) is 1.79. The number of hydrogen-bond donors (Lipinski definition) is 1. The molecule has 1 heterocycles. The number of nitrogens with zero attached hydrogens (tertiary/aromatic N) is 2. The van der Waals surface area contributed by atoms with Gasteiger partial charge >= 0.3 is 0 Å². The van der Waals surface area contributed by atoms with E-state index >= 15 is 0 Å². The van der Waals surface area contributed by atoms with Crippen LogP contribution >= 0.6 is 0 Å². The Balaban J connectivity index is 1.50. The molecule has 96 valence electrons. The van der Waals surface area contributed by atoms with Crippen LogP contribution in [0.15, 0.2) is 18.3 Å². The third-order valence-corrected chi connectivity index (χ3v) is 3.65. The summed E-state index contributed by atoms with van der Waals surface area (Å²) in [4.78, 5) is 16.2. The van der Waals surface area contributed by atoms with E-state index in [9.17, 15) is 4.79 Å². The summed E-state index contributed by atoms with van der Waals surface area (Å²) in [6.45, 7) is 0.611. The van der Waals surface area contributed by atoms with Gasteiger partial charge in [0.25, 0.3) is 0 Å². The third-order valence-electron chi connectivity index (χ3n) is 3.65. The molecule has 1 aromatic rings. The molecule has 0 saturated heterocycles. The normalized spacial score (nSPS) is 18.7. The van der Waals surface area contributed by atoms with Gasteiger partial charge in [-0.15, -0.1) is 0 Å². The molecule has 0 bridgehead atoms. The van der Waals surface area contributed by atoms with Crippen molar-refractivity contribution in [1.82, 2.24) is 15.4 Å². The Bertz CT molecular complexity index is 435. The van der Waals surface area contributed by atoms with Crippen LogP contribution in [0.3, 0.4) is 0 Å². The van der Waals surface area contributed by atoms with E-state index in [0.717, 1.165) is 24.5 Å². The number of nitrogens with one attached hydrogen (secondary N) is 1. The van der Waals surface area contributed by atoms with Gasteiger partial charge in [0, 0.05) is 19.2 Å². The van der Waals surface area contributed by atoms with Crippen LogP contribution in [0, 0.1) is 5.92 Å². The zero-order valence-corrected chi connectivity index (χ0v) is 10.7. The summed E-state index contributed by atoms with van der Waals surface area (Å²) in [5, 5.41) is 1.61. The minimum atomic E-state index is 0.199. The second kappa shape index (κ2) is 4.69. The first-order valence-electron chi connectivity index (χ1n) is 6.70. The highest BCUT2D eigenvalue weighted by atomic mass is 16.2. The van der Waals surface area contributed by atoms with Crippen molar-refractivity contribution >= 4 is 5.91 Å². The van der Waals surface area contributed by atoms with E-state index in [0.29, 0.717) is 6.54 Å². The molecule has 18 heavy (non-hydrogen) atoms. The maximum Gasteiger partial charge on any atom is 0.239 e. The summed E-state index contributed by atoms with van der Waals surface area (Å²) in [6, 6.07) is 4.21. The molecule has 0 unspecified atom stereocenters.